The van der Waals surface area contributed by atoms with Crippen molar-refractivity contribution in [2.75, 3.05) is 35.7 Å². The maximum atomic E-state index is 13.9. The molecule has 15 heteroatoms. The molecule has 0 aliphatic heterocycles. The molecule has 1 amide bonds. The SMILES string of the molecule is CC(C)NS(=O)(=O)CCN(C(=O)c1cc(OCCNc2ccncc2)cc(Cl)c1OC(=O)C(F)(F)F)c1ccccc1. The maximum Gasteiger partial charge on any atom is 0.491 e. The van der Waals surface area contributed by atoms with Gasteiger partial charge in [-0.1, -0.05) is 29.8 Å². The van der Waals surface area contributed by atoms with E-state index >= 15 is 0 Å². The number of carbonyl (C=O) groups is 2. The number of hydrogen-bond donors (Lipinski definition) is 2. The Kier molecular flexibility index (Phi) is 11.1. The second-order valence-electron chi connectivity index (χ2n) is 9.06. The average Bonchev–Trinajstić information content (AvgIpc) is 2.92. The zero-order valence-electron chi connectivity index (χ0n) is 22.5. The van der Waals surface area contributed by atoms with Gasteiger partial charge in [-0.15, -0.1) is 0 Å². The van der Waals surface area contributed by atoms with Crippen molar-refractivity contribution >= 4 is 44.9 Å². The number of alkyl halides is 3. The smallest absolute Gasteiger partial charge is 0.491 e. The molecule has 1 aromatic heterocycles. The summed E-state index contributed by atoms with van der Waals surface area (Å²) in [6.45, 7) is 3.20. The molecule has 3 aromatic rings. The number of hydrogen-bond acceptors (Lipinski definition) is 8. The number of nitrogens with zero attached hydrogens (tertiary/aromatic N) is 2. The number of benzene rings is 2. The van der Waals surface area contributed by atoms with Gasteiger partial charge in [0.1, 0.15) is 12.4 Å². The van der Waals surface area contributed by atoms with E-state index in [0.717, 1.165) is 22.7 Å². The quantitative estimate of drug-likeness (QED) is 0.159. The molecule has 0 fully saturated rings. The number of pyridine rings is 1. The zero-order chi connectivity index (χ0) is 30.9. The second kappa shape index (κ2) is 14.3. The number of para-hydroxylation sites is 1. The largest absolute Gasteiger partial charge is 0.492 e. The third kappa shape index (κ3) is 9.60. The third-order valence-corrected chi connectivity index (χ3v) is 7.20. The molecular formula is C27H28ClF3N4O6S. The molecule has 0 aliphatic rings. The first-order valence-corrected chi connectivity index (χ1v) is 14.6. The third-order valence-electron chi connectivity index (χ3n) is 5.37. The first-order valence-electron chi connectivity index (χ1n) is 12.5. The summed E-state index contributed by atoms with van der Waals surface area (Å²) < 4.78 is 76.9. The molecule has 10 nitrogen and oxygen atoms in total. The summed E-state index contributed by atoms with van der Waals surface area (Å²) >= 11 is 6.22. The molecule has 0 spiro atoms. The normalized spacial score (nSPS) is 11.7. The van der Waals surface area contributed by atoms with E-state index in [1.54, 1.807) is 56.6 Å². The predicted octanol–water partition coefficient (Wildman–Crippen LogP) is 4.67. The van der Waals surface area contributed by atoms with E-state index in [0.29, 0.717) is 6.54 Å². The van der Waals surface area contributed by atoms with Gasteiger partial charge in [0.05, 0.1) is 16.3 Å². The lowest BCUT2D eigenvalue weighted by molar-refractivity contribution is -0.189. The Bertz CT molecular complexity index is 1480. The number of amides is 1. The average molecular weight is 629 g/mol. The number of aromatic nitrogens is 1. The van der Waals surface area contributed by atoms with Gasteiger partial charge in [0.2, 0.25) is 10.0 Å². The number of ether oxygens (including phenoxy) is 2. The van der Waals surface area contributed by atoms with Crippen molar-refractivity contribution in [3.05, 3.63) is 77.6 Å². The van der Waals surface area contributed by atoms with Crippen molar-refractivity contribution in [1.82, 2.24) is 9.71 Å². The molecule has 0 saturated heterocycles. The van der Waals surface area contributed by atoms with Gasteiger partial charge in [-0.25, -0.2) is 17.9 Å². The molecule has 1 heterocycles. The Hall–Kier alpha value is -3.88. The van der Waals surface area contributed by atoms with Crippen LogP contribution in [0.15, 0.2) is 67.0 Å². The van der Waals surface area contributed by atoms with Crippen LogP contribution in [0, 0.1) is 0 Å². The summed E-state index contributed by atoms with van der Waals surface area (Å²) in [6, 6.07) is 13.1. The van der Waals surface area contributed by atoms with E-state index < -0.39 is 62.8 Å². The molecule has 42 heavy (non-hydrogen) atoms. The first-order chi connectivity index (χ1) is 19.8. The van der Waals surface area contributed by atoms with Crippen LogP contribution < -0.4 is 24.4 Å². The van der Waals surface area contributed by atoms with Crippen molar-refractivity contribution in [2.45, 2.75) is 26.1 Å². The number of halogens is 4. The Labute approximate surface area is 245 Å². The molecular weight excluding hydrogens is 601 g/mol. The standard InChI is InChI=1S/C27H28ClF3N4O6S/c1-18(2)34-42(38,39)15-13-35(20-6-4-3-5-7-20)25(36)22-16-21(40-14-12-33-19-8-10-32-11-9-19)17-23(28)24(22)41-26(37)27(29,30)31/h3-11,16-18,34H,12-15H2,1-2H3,(H,32,33). The van der Waals surface area contributed by atoms with E-state index in [9.17, 15) is 31.2 Å². The molecule has 2 N–H and O–H groups in total. The van der Waals surface area contributed by atoms with E-state index in [1.807, 2.05) is 0 Å². The van der Waals surface area contributed by atoms with Gasteiger partial charge in [0.15, 0.2) is 5.75 Å². The number of rotatable bonds is 13. The van der Waals surface area contributed by atoms with Crippen molar-refractivity contribution in [1.29, 1.82) is 0 Å². The molecule has 226 valence electrons. The number of esters is 1. The summed E-state index contributed by atoms with van der Waals surface area (Å²) in [5.41, 5.74) is 0.451. The van der Waals surface area contributed by atoms with Crippen LogP contribution in [-0.4, -0.2) is 62.9 Å². The van der Waals surface area contributed by atoms with Crippen molar-refractivity contribution in [3.63, 3.8) is 0 Å². The molecule has 0 bridgehead atoms. The van der Waals surface area contributed by atoms with Crippen molar-refractivity contribution < 1.29 is 40.7 Å². The van der Waals surface area contributed by atoms with Crippen LogP contribution in [0.5, 0.6) is 11.5 Å². The first kappa shape index (κ1) is 32.6. The molecule has 3 rings (SSSR count). The minimum absolute atomic E-state index is 0.00575. The van der Waals surface area contributed by atoms with Gasteiger partial charge in [-0.2, -0.15) is 13.2 Å². The van der Waals surface area contributed by atoms with E-state index in [4.69, 9.17) is 16.3 Å². The summed E-state index contributed by atoms with van der Waals surface area (Å²) in [4.78, 5) is 30.5. The minimum atomic E-state index is -5.38. The van der Waals surface area contributed by atoms with E-state index in [-0.39, 0.29) is 18.0 Å². The lowest BCUT2D eigenvalue weighted by Gasteiger charge is -2.25. The number of carbonyl (C=O) groups excluding carboxylic acids is 2. The Morgan fingerprint density at radius 3 is 2.36 bits per heavy atom. The molecule has 0 aliphatic carbocycles. The highest BCUT2D eigenvalue weighted by Crippen LogP contribution is 2.36. The number of sulfonamides is 1. The van der Waals surface area contributed by atoms with Crippen LogP contribution in [0.25, 0.3) is 0 Å². The van der Waals surface area contributed by atoms with Crippen LogP contribution in [0.2, 0.25) is 5.02 Å². The monoisotopic (exact) mass is 628 g/mol. The van der Waals surface area contributed by atoms with Gasteiger partial charge in [-0.05, 0) is 44.2 Å². The highest BCUT2D eigenvalue weighted by molar-refractivity contribution is 7.89. The van der Waals surface area contributed by atoms with Crippen molar-refractivity contribution in [2.24, 2.45) is 0 Å². The lowest BCUT2D eigenvalue weighted by atomic mass is 10.1. The highest BCUT2D eigenvalue weighted by Gasteiger charge is 2.42. The number of nitrogens with one attached hydrogen (secondary N) is 2. The highest BCUT2D eigenvalue weighted by atomic mass is 35.5. The van der Waals surface area contributed by atoms with Crippen LogP contribution in [0.3, 0.4) is 0 Å². The van der Waals surface area contributed by atoms with Crippen LogP contribution in [0.1, 0.15) is 24.2 Å². The molecule has 0 saturated carbocycles. The lowest BCUT2D eigenvalue weighted by Crippen LogP contribution is -2.40. The maximum absolute atomic E-state index is 13.9. The summed E-state index contributed by atoms with van der Waals surface area (Å²) in [7, 11) is -3.84. The van der Waals surface area contributed by atoms with Gasteiger partial charge in [-0.3, -0.25) is 9.78 Å². The molecule has 0 atom stereocenters. The van der Waals surface area contributed by atoms with Crippen molar-refractivity contribution in [3.8, 4) is 11.5 Å². The van der Waals surface area contributed by atoms with Crippen LogP contribution >= 0.6 is 11.6 Å². The Morgan fingerprint density at radius 1 is 1.07 bits per heavy atom. The van der Waals surface area contributed by atoms with Gasteiger partial charge in [0, 0.05) is 49.0 Å². The van der Waals surface area contributed by atoms with Crippen LogP contribution in [-0.2, 0) is 14.8 Å². The van der Waals surface area contributed by atoms with Gasteiger partial charge < -0.3 is 19.7 Å². The van der Waals surface area contributed by atoms with Gasteiger partial charge >= 0.3 is 12.1 Å². The fraction of sp³-hybridized carbons (Fsp3) is 0.296. The fourth-order valence-corrected chi connectivity index (χ4v) is 5.14. The van der Waals surface area contributed by atoms with E-state index in [1.165, 1.54) is 12.1 Å². The van der Waals surface area contributed by atoms with Gasteiger partial charge in [0.25, 0.3) is 5.91 Å². The zero-order valence-corrected chi connectivity index (χ0v) is 24.1. The fourth-order valence-electron chi connectivity index (χ4n) is 3.63. The number of anilines is 2. The molecule has 2 aromatic carbocycles. The topological polar surface area (TPSA) is 127 Å². The van der Waals surface area contributed by atoms with E-state index in [2.05, 4.69) is 19.8 Å². The summed E-state index contributed by atoms with van der Waals surface area (Å²) in [5, 5.41) is 2.57. The molecule has 0 radical (unpaired) electrons. The summed E-state index contributed by atoms with van der Waals surface area (Å²) in [5.74, 6) is -4.96. The van der Waals surface area contributed by atoms with Crippen LogP contribution in [0.4, 0.5) is 24.5 Å². The Morgan fingerprint density at radius 2 is 1.74 bits per heavy atom. The second-order valence-corrected chi connectivity index (χ2v) is 11.3. The molecule has 0 unspecified atom stereocenters. The predicted molar refractivity (Wildman–Crippen MR) is 152 cm³/mol. The minimum Gasteiger partial charge on any atom is -0.492 e. The summed E-state index contributed by atoms with van der Waals surface area (Å²) in [6.07, 6.45) is -2.21. The Balaban J connectivity index is 1.96.